The van der Waals surface area contributed by atoms with Crippen molar-refractivity contribution in [2.45, 2.75) is 12.4 Å². The summed E-state index contributed by atoms with van der Waals surface area (Å²) in [5.41, 5.74) is 0.680. The Morgan fingerprint density at radius 1 is 0.362 bits per heavy atom. The standard InChI is InChI=1S/C46H26F6N6/c47-45(48,49)31-9-5-8-27(22-31)30-25-40(57-36-12-3-1-10-32(36)34-16-14-28(23-38(34)57)43-53-18-6-19-54-43)42(46(50,51)52)41(26-30)58-37-13-4-2-11-33(37)35-17-15-29(24-39(35)58)44-55-20-7-21-56-44/h1-26H. The van der Waals surface area contributed by atoms with Crippen molar-refractivity contribution in [2.24, 2.45) is 0 Å². The summed E-state index contributed by atoms with van der Waals surface area (Å²) >= 11 is 0. The fourth-order valence-electron chi connectivity index (χ4n) is 7.93. The van der Waals surface area contributed by atoms with Gasteiger partial charge in [-0.1, -0.05) is 72.8 Å². The minimum Gasteiger partial charge on any atom is -0.309 e. The number of aromatic nitrogens is 6. The molecule has 0 aliphatic heterocycles. The van der Waals surface area contributed by atoms with Gasteiger partial charge in [-0.15, -0.1) is 0 Å². The first-order valence-electron chi connectivity index (χ1n) is 18.1. The molecular weight excluding hydrogens is 751 g/mol. The van der Waals surface area contributed by atoms with Crippen LogP contribution in [0.3, 0.4) is 0 Å². The van der Waals surface area contributed by atoms with Gasteiger partial charge >= 0.3 is 12.4 Å². The summed E-state index contributed by atoms with van der Waals surface area (Å²) in [7, 11) is 0. The van der Waals surface area contributed by atoms with Crippen LogP contribution in [0.2, 0.25) is 0 Å². The molecule has 0 aliphatic rings. The highest BCUT2D eigenvalue weighted by molar-refractivity contribution is 6.12. The van der Waals surface area contributed by atoms with Gasteiger partial charge < -0.3 is 9.13 Å². The fraction of sp³-hybridized carbons (Fsp3) is 0.0435. The molecule has 6 nitrogen and oxygen atoms in total. The van der Waals surface area contributed by atoms with E-state index in [4.69, 9.17) is 0 Å². The Labute approximate surface area is 325 Å². The minimum atomic E-state index is -4.98. The van der Waals surface area contributed by atoms with E-state index in [9.17, 15) is 13.2 Å². The first kappa shape index (κ1) is 35.1. The molecule has 0 N–H and O–H groups in total. The van der Waals surface area contributed by atoms with Gasteiger partial charge in [-0.3, -0.25) is 0 Å². The van der Waals surface area contributed by atoms with Crippen molar-refractivity contribution in [3.05, 3.63) is 169 Å². The van der Waals surface area contributed by atoms with Crippen molar-refractivity contribution in [1.82, 2.24) is 29.1 Å². The highest BCUT2D eigenvalue weighted by Crippen LogP contribution is 2.47. The molecule has 282 valence electrons. The zero-order valence-electron chi connectivity index (χ0n) is 30.0. The van der Waals surface area contributed by atoms with Gasteiger partial charge in [-0.2, -0.15) is 26.3 Å². The Hall–Kier alpha value is -7.34. The second-order valence-electron chi connectivity index (χ2n) is 13.8. The minimum absolute atomic E-state index is 0.0873. The number of fused-ring (bicyclic) bond motifs is 6. The first-order chi connectivity index (χ1) is 28.0. The molecule has 0 atom stereocenters. The zero-order chi connectivity index (χ0) is 39.8. The molecule has 12 heteroatoms. The van der Waals surface area contributed by atoms with Gasteiger partial charge in [0.2, 0.25) is 0 Å². The van der Waals surface area contributed by atoms with E-state index in [1.54, 1.807) is 73.3 Å². The number of rotatable bonds is 5. The number of para-hydroxylation sites is 2. The van der Waals surface area contributed by atoms with Crippen LogP contribution in [-0.2, 0) is 12.4 Å². The van der Waals surface area contributed by atoms with Gasteiger partial charge in [0.05, 0.1) is 39.0 Å². The maximum Gasteiger partial charge on any atom is 0.420 e. The van der Waals surface area contributed by atoms with E-state index in [1.807, 2.05) is 48.5 Å². The van der Waals surface area contributed by atoms with Crippen molar-refractivity contribution >= 4 is 43.6 Å². The smallest absolute Gasteiger partial charge is 0.309 e. The third-order valence-electron chi connectivity index (χ3n) is 10.4. The SMILES string of the molecule is FC(F)(F)c1cccc(-c2cc(-n3c4ccccc4c4ccc(-c5ncccn5)cc43)c(C(F)(F)F)c(-n3c4ccccc4c4ccc(-c5ncccn5)cc43)c2)c1. The summed E-state index contributed by atoms with van der Waals surface area (Å²) in [6.07, 6.45) is -3.36. The molecule has 58 heavy (non-hydrogen) atoms. The Kier molecular flexibility index (Phi) is 7.94. The highest BCUT2D eigenvalue weighted by Gasteiger charge is 2.40. The van der Waals surface area contributed by atoms with E-state index >= 15 is 13.2 Å². The quantitative estimate of drug-likeness (QED) is 0.163. The average molecular weight is 777 g/mol. The largest absolute Gasteiger partial charge is 0.420 e. The van der Waals surface area contributed by atoms with E-state index < -0.39 is 23.5 Å². The lowest BCUT2D eigenvalue weighted by Crippen LogP contribution is -2.16. The third kappa shape index (κ3) is 5.75. The zero-order valence-corrected chi connectivity index (χ0v) is 30.0. The normalized spacial score (nSPS) is 12.3. The van der Waals surface area contributed by atoms with Crippen LogP contribution < -0.4 is 0 Å². The lowest BCUT2D eigenvalue weighted by Gasteiger charge is -2.23. The Bertz CT molecular complexity index is 3030. The Balaban J connectivity index is 1.38. The third-order valence-corrected chi connectivity index (χ3v) is 10.4. The van der Waals surface area contributed by atoms with E-state index in [-0.39, 0.29) is 22.5 Å². The van der Waals surface area contributed by atoms with Crippen LogP contribution >= 0.6 is 0 Å². The summed E-state index contributed by atoms with van der Waals surface area (Å²) < 4.78 is 94.6. The summed E-state index contributed by atoms with van der Waals surface area (Å²) in [6.45, 7) is 0. The number of hydrogen-bond acceptors (Lipinski definition) is 4. The molecule has 0 spiro atoms. The summed E-state index contributed by atoms with van der Waals surface area (Å²) in [5, 5.41) is 2.70. The van der Waals surface area contributed by atoms with Gasteiger partial charge in [0.15, 0.2) is 11.6 Å². The predicted molar refractivity (Wildman–Crippen MR) is 213 cm³/mol. The maximum atomic E-state index is 16.3. The van der Waals surface area contributed by atoms with E-state index in [1.165, 1.54) is 33.4 Å². The first-order valence-corrected chi connectivity index (χ1v) is 18.1. The molecule has 6 aromatic carbocycles. The molecule has 0 unspecified atom stereocenters. The van der Waals surface area contributed by atoms with Gasteiger partial charge in [0.25, 0.3) is 0 Å². The van der Waals surface area contributed by atoms with Crippen molar-refractivity contribution in [3.63, 3.8) is 0 Å². The van der Waals surface area contributed by atoms with Crippen LogP contribution in [0.5, 0.6) is 0 Å². The predicted octanol–water partition coefficient (Wildman–Crippen LogP) is 12.5. The van der Waals surface area contributed by atoms with Crippen LogP contribution in [0.15, 0.2) is 158 Å². The molecule has 4 aromatic heterocycles. The Morgan fingerprint density at radius 2 is 0.828 bits per heavy atom. The second kappa shape index (κ2) is 13.1. The number of alkyl halides is 6. The molecule has 0 aliphatic carbocycles. The molecule has 0 fully saturated rings. The lowest BCUT2D eigenvalue weighted by molar-refractivity contribution is -0.138. The second-order valence-corrected chi connectivity index (χ2v) is 13.8. The molecule has 4 heterocycles. The molecule has 0 radical (unpaired) electrons. The molecule has 10 rings (SSSR count). The molecule has 10 aromatic rings. The average Bonchev–Trinajstić information content (AvgIpc) is 3.75. The molecule has 0 amide bonds. The number of halogens is 6. The van der Waals surface area contributed by atoms with E-state index in [2.05, 4.69) is 19.9 Å². The summed E-state index contributed by atoms with van der Waals surface area (Å²) in [4.78, 5) is 17.5. The molecule has 0 saturated heterocycles. The lowest BCUT2D eigenvalue weighted by atomic mass is 9.97. The fourth-order valence-corrected chi connectivity index (χ4v) is 7.93. The number of nitrogens with zero attached hydrogens (tertiary/aromatic N) is 6. The topological polar surface area (TPSA) is 61.4 Å². The number of hydrogen-bond donors (Lipinski definition) is 0. The number of benzene rings is 6. The van der Waals surface area contributed by atoms with Crippen molar-refractivity contribution in [3.8, 4) is 45.3 Å². The van der Waals surface area contributed by atoms with Crippen molar-refractivity contribution < 1.29 is 26.3 Å². The van der Waals surface area contributed by atoms with Gasteiger partial charge in [-0.05, 0) is 71.8 Å². The van der Waals surface area contributed by atoms with Crippen molar-refractivity contribution in [1.29, 1.82) is 0 Å². The van der Waals surface area contributed by atoms with Gasteiger partial charge in [0, 0.05) is 57.5 Å². The summed E-state index contributed by atoms with van der Waals surface area (Å²) in [6, 6.07) is 35.6. The highest BCUT2D eigenvalue weighted by atomic mass is 19.4. The van der Waals surface area contributed by atoms with Crippen LogP contribution in [0.4, 0.5) is 26.3 Å². The van der Waals surface area contributed by atoms with Gasteiger partial charge in [-0.25, -0.2) is 19.9 Å². The maximum absolute atomic E-state index is 16.3. The van der Waals surface area contributed by atoms with Crippen LogP contribution in [0, 0.1) is 0 Å². The van der Waals surface area contributed by atoms with Crippen molar-refractivity contribution in [2.75, 3.05) is 0 Å². The summed E-state index contributed by atoms with van der Waals surface area (Å²) in [5.74, 6) is 0.748. The molecule has 0 bridgehead atoms. The van der Waals surface area contributed by atoms with E-state index in [0.29, 0.717) is 66.4 Å². The molecule has 0 saturated carbocycles. The van der Waals surface area contributed by atoms with Gasteiger partial charge in [0.1, 0.15) is 5.56 Å². The monoisotopic (exact) mass is 776 g/mol. The molecular formula is C46H26F6N6. The Morgan fingerprint density at radius 3 is 1.29 bits per heavy atom. The van der Waals surface area contributed by atoms with E-state index in [0.717, 1.165) is 12.1 Å². The van der Waals surface area contributed by atoms with Crippen LogP contribution in [-0.4, -0.2) is 29.1 Å². The van der Waals surface area contributed by atoms with Crippen LogP contribution in [0.25, 0.3) is 88.9 Å². The van der Waals surface area contributed by atoms with Crippen LogP contribution in [0.1, 0.15) is 11.1 Å².